The second-order valence-electron chi connectivity index (χ2n) is 7.57. The fraction of sp³-hybridized carbons (Fsp3) is 0.944. The van der Waals surface area contributed by atoms with Gasteiger partial charge in [0.15, 0.2) is 0 Å². The highest BCUT2D eigenvalue weighted by atomic mass is 16.4. The van der Waals surface area contributed by atoms with Gasteiger partial charge in [-0.3, -0.25) is 9.69 Å². The number of hydrogen-bond acceptors (Lipinski definition) is 2. The number of carboxylic acid groups (broad SMARTS) is 1. The number of rotatable bonds is 3. The maximum absolute atomic E-state index is 11.8. The number of likely N-dealkylation sites (tertiary alicyclic amines) is 1. The summed E-state index contributed by atoms with van der Waals surface area (Å²) >= 11 is 0. The summed E-state index contributed by atoms with van der Waals surface area (Å²) in [5, 5.41) is 9.69. The Hall–Kier alpha value is -0.570. The van der Waals surface area contributed by atoms with Crippen LogP contribution in [-0.2, 0) is 4.79 Å². The maximum Gasteiger partial charge on any atom is 0.320 e. The molecule has 3 aliphatic rings. The predicted molar refractivity (Wildman–Crippen MR) is 84.3 cm³/mol. The van der Waals surface area contributed by atoms with E-state index in [0.29, 0.717) is 12.1 Å². The fourth-order valence-electron chi connectivity index (χ4n) is 5.30. The summed E-state index contributed by atoms with van der Waals surface area (Å²) in [5.74, 6) is 1.09. The average Bonchev–Trinajstić information content (AvgIpc) is 2.53. The summed E-state index contributed by atoms with van der Waals surface area (Å²) in [6.45, 7) is 2.29. The first-order valence-corrected chi connectivity index (χ1v) is 9.21. The Morgan fingerprint density at radius 3 is 2.38 bits per heavy atom. The molecule has 1 N–H and O–H groups in total. The lowest BCUT2D eigenvalue weighted by Gasteiger charge is -2.52. The van der Waals surface area contributed by atoms with Crippen molar-refractivity contribution in [3.63, 3.8) is 0 Å². The van der Waals surface area contributed by atoms with E-state index < -0.39 is 5.97 Å². The van der Waals surface area contributed by atoms with Crippen LogP contribution in [0.3, 0.4) is 0 Å². The highest BCUT2D eigenvalue weighted by Crippen LogP contribution is 2.42. The summed E-state index contributed by atoms with van der Waals surface area (Å²) in [4.78, 5) is 14.2. The van der Waals surface area contributed by atoms with Gasteiger partial charge in [-0.1, -0.05) is 26.2 Å². The first-order chi connectivity index (χ1) is 10.2. The van der Waals surface area contributed by atoms with Crippen molar-refractivity contribution in [2.75, 3.05) is 0 Å². The van der Waals surface area contributed by atoms with Crippen molar-refractivity contribution in [1.29, 1.82) is 0 Å². The van der Waals surface area contributed by atoms with Crippen molar-refractivity contribution in [3.05, 3.63) is 0 Å². The Kier molecular flexibility index (Phi) is 4.88. The molecule has 0 bridgehead atoms. The lowest BCUT2D eigenvalue weighted by molar-refractivity contribution is -0.151. The third-order valence-electron chi connectivity index (χ3n) is 6.52. The summed E-state index contributed by atoms with van der Waals surface area (Å²) in [6.07, 6.45) is 13.6. The van der Waals surface area contributed by atoms with Crippen LogP contribution in [0.4, 0.5) is 0 Å². The average molecular weight is 293 g/mol. The zero-order valence-corrected chi connectivity index (χ0v) is 13.5. The van der Waals surface area contributed by atoms with E-state index in [0.717, 1.165) is 24.7 Å². The van der Waals surface area contributed by atoms with Gasteiger partial charge in [0.2, 0.25) is 0 Å². The van der Waals surface area contributed by atoms with Crippen LogP contribution in [0.5, 0.6) is 0 Å². The third-order valence-corrected chi connectivity index (χ3v) is 6.52. The standard InChI is InChI=1S/C18H31NO2/c1-2-13-7-10-15(11-8-13)19-16-6-4-3-5-14(16)9-12-17(19)18(20)21/h13-17H,2-12H2,1H3,(H,20,21). The summed E-state index contributed by atoms with van der Waals surface area (Å²) < 4.78 is 0. The zero-order valence-electron chi connectivity index (χ0n) is 13.5. The van der Waals surface area contributed by atoms with Crippen LogP contribution in [0, 0.1) is 11.8 Å². The van der Waals surface area contributed by atoms with Crippen molar-refractivity contribution in [3.8, 4) is 0 Å². The minimum absolute atomic E-state index is 0.201. The molecule has 2 saturated carbocycles. The number of carbonyl (C=O) groups is 1. The van der Waals surface area contributed by atoms with E-state index >= 15 is 0 Å². The first-order valence-electron chi connectivity index (χ1n) is 9.21. The molecule has 0 aromatic heterocycles. The van der Waals surface area contributed by atoms with Gasteiger partial charge in [0.25, 0.3) is 0 Å². The lowest BCUT2D eigenvalue weighted by Crippen LogP contribution is -2.59. The van der Waals surface area contributed by atoms with Crippen LogP contribution in [0.1, 0.15) is 77.6 Å². The van der Waals surface area contributed by atoms with Crippen LogP contribution in [0.2, 0.25) is 0 Å². The predicted octanol–water partition coefficient (Wildman–Crippen LogP) is 4.06. The first kappa shape index (κ1) is 15.3. The van der Waals surface area contributed by atoms with Gasteiger partial charge in [0, 0.05) is 12.1 Å². The quantitative estimate of drug-likeness (QED) is 0.853. The summed E-state index contributed by atoms with van der Waals surface area (Å²) in [5.41, 5.74) is 0. The lowest BCUT2D eigenvalue weighted by atomic mass is 9.73. The van der Waals surface area contributed by atoms with Gasteiger partial charge in [-0.2, -0.15) is 0 Å². The molecule has 3 atom stereocenters. The van der Waals surface area contributed by atoms with Gasteiger partial charge >= 0.3 is 5.97 Å². The number of hydrogen-bond donors (Lipinski definition) is 1. The maximum atomic E-state index is 11.8. The number of carboxylic acids is 1. The second-order valence-corrected chi connectivity index (χ2v) is 7.57. The van der Waals surface area contributed by atoms with Crippen LogP contribution in [0.15, 0.2) is 0 Å². The molecule has 3 nitrogen and oxygen atoms in total. The van der Waals surface area contributed by atoms with Crippen molar-refractivity contribution >= 4 is 5.97 Å². The van der Waals surface area contributed by atoms with Crippen molar-refractivity contribution in [2.24, 2.45) is 11.8 Å². The molecule has 3 rings (SSSR count). The van der Waals surface area contributed by atoms with Gasteiger partial charge in [0.1, 0.15) is 6.04 Å². The molecule has 2 aliphatic carbocycles. The fourth-order valence-corrected chi connectivity index (χ4v) is 5.30. The number of nitrogens with zero attached hydrogens (tertiary/aromatic N) is 1. The molecule has 0 aromatic rings. The number of fused-ring (bicyclic) bond motifs is 1. The molecule has 120 valence electrons. The highest BCUT2D eigenvalue weighted by molar-refractivity contribution is 5.73. The normalized spacial score (nSPS) is 41.5. The summed E-state index contributed by atoms with van der Waals surface area (Å²) in [7, 11) is 0. The van der Waals surface area contributed by atoms with Gasteiger partial charge < -0.3 is 5.11 Å². The van der Waals surface area contributed by atoms with Gasteiger partial charge in [-0.25, -0.2) is 0 Å². The van der Waals surface area contributed by atoms with Crippen molar-refractivity contribution in [1.82, 2.24) is 4.90 Å². The highest BCUT2D eigenvalue weighted by Gasteiger charge is 2.44. The smallest absolute Gasteiger partial charge is 0.320 e. The number of aliphatic carboxylic acids is 1. The Balaban J connectivity index is 1.74. The largest absolute Gasteiger partial charge is 0.480 e. The van der Waals surface area contributed by atoms with E-state index in [1.54, 1.807) is 0 Å². The summed E-state index contributed by atoms with van der Waals surface area (Å²) in [6, 6.07) is 0.907. The molecule has 3 fully saturated rings. The minimum Gasteiger partial charge on any atom is -0.480 e. The Bertz CT molecular complexity index is 362. The van der Waals surface area contributed by atoms with E-state index in [4.69, 9.17) is 0 Å². The second kappa shape index (κ2) is 6.68. The monoisotopic (exact) mass is 293 g/mol. The van der Waals surface area contributed by atoms with Gasteiger partial charge in [-0.05, 0) is 63.2 Å². The van der Waals surface area contributed by atoms with Crippen LogP contribution in [-0.4, -0.2) is 34.1 Å². The van der Waals surface area contributed by atoms with Gasteiger partial charge in [-0.15, -0.1) is 0 Å². The third kappa shape index (κ3) is 3.13. The van der Waals surface area contributed by atoms with Crippen molar-refractivity contribution < 1.29 is 9.90 Å². The van der Waals surface area contributed by atoms with E-state index in [1.807, 2.05) is 0 Å². The molecular formula is C18H31NO2. The molecule has 3 heteroatoms. The van der Waals surface area contributed by atoms with E-state index in [-0.39, 0.29) is 6.04 Å². The van der Waals surface area contributed by atoms with Crippen molar-refractivity contribution in [2.45, 2.75) is 95.7 Å². The Morgan fingerprint density at radius 2 is 1.71 bits per heavy atom. The van der Waals surface area contributed by atoms with E-state index in [1.165, 1.54) is 57.8 Å². The Labute approximate surface area is 129 Å². The molecule has 21 heavy (non-hydrogen) atoms. The van der Waals surface area contributed by atoms with Crippen LogP contribution < -0.4 is 0 Å². The SMILES string of the molecule is CCC1CCC(N2C(C(=O)O)CCC3CCCCC32)CC1. The van der Waals surface area contributed by atoms with Gasteiger partial charge in [0.05, 0.1) is 0 Å². The topological polar surface area (TPSA) is 40.5 Å². The Morgan fingerprint density at radius 1 is 1.00 bits per heavy atom. The molecule has 1 aliphatic heterocycles. The van der Waals surface area contributed by atoms with Crippen LogP contribution in [0.25, 0.3) is 0 Å². The molecule has 0 aromatic carbocycles. The minimum atomic E-state index is -0.573. The molecular weight excluding hydrogens is 262 g/mol. The zero-order chi connectivity index (χ0) is 14.8. The number of piperidine rings is 1. The molecule has 3 unspecified atom stereocenters. The molecule has 1 heterocycles. The molecule has 0 radical (unpaired) electrons. The molecule has 0 amide bonds. The van der Waals surface area contributed by atoms with E-state index in [9.17, 15) is 9.90 Å². The molecule has 0 spiro atoms. The van der Waals surface area contributed by atoms with E-state index in [2.05, 4.69) is 11.8 Å². The molecule has 1 saturated heterocycles. The van der Waals surface area contributed by atoms with Crippen LogP contribution >= 0.6 is 0 Å².